The first-order chi connectivity index (χ1) is 8.01. The van der Waals surface area contributed by atoms with E-state index in [9.17, 15) is 13.6 Å². The number of esters is 1. The first kappa shape index (κ1) is 14.1. The summed E-state index contributed by atoms with van der Waals surface area (Å²) in [4.78, 5) is 14.9. The minimum Gasteiger partial charge on any atom is -0.461 e. The van der Waals surface area contributed by atoms with Gasteiger partial charge in [0.05, 0.1) is 12.2 Å². The molecule has 1 heterocycles. The lowest BCUT2D eigenvalue weighted by atomic mass is 10.1. The van der Waals surface area contributed by atoms with Crippen LogP contribution in [0.25, 0.3) is 0 Å². The van der Waals surface area contributed by atoms with Crippen LogP contribution < -0.4 is 0 Å². The van der Waals surface area contributed by atoms with Crippen LogP contribution in [0.4, 0.5) is 8.78 Å². The molecule has 0 saturated carbocycles. The third-order valence-electron chi connectivity index (χ3n) is 1.94. The van der Waals surface area contributed by atoms with Gasteiger partial charge in [0.1, 0.15) is 10.8 Å². The number of alkyl halides is 3. The lowest BCUT2D eigenvalue weighted by molar-refractivity contribution is 0.0518. The molecule has 7 heteroatoms. The zero-order chi connectivity index (χ0) is 13.0. The van der Waals surface area contributed by atoms with Gasteiger partial charge < -0.3 is 4.74 Å². The number of hydrogen-bond donors (Lipinski definition) is 0. The van der Waals surface area contributed by atoms with E-state index in [0.717, 1.165) is 0 Å². The molecule has 0 amide bonds. The second kappa shape index (κ2) is 6.12. The minimum atomic E-state index is -2.79. The second-order valence-electron chi connectivity index (χ2n) is 3.03. The fraction of sp³-hybridized carbons (Fsp3) is 0.400. The summed E-state index contributed by atoms with van der Waals surface area (Å²) in [7, 11) is 0. The summed E-state index contributed by atoms with van der Waals surface area (Å²) in [5, 5.41) is -0.429. The van der Waals surface area contributed by atoms with Gasteiger partial charge in [0.25, 0.3) is 6.43 Å². The molecule has 1 aromatic rings. The molecule has 0 aliphatic carbocycles. The highest BCUT2D eigenvalue weighted by atomic mass is 35.5. The van der Waals surface area contributed by atoms with Gasteiger partial charge in [0.15, 0.2) is 0 Å². The predicted molar refractivity (Wildman–Crippen MR) is 59.7 cm³/mol. The van der Waals surface area contributed by atoms with Gasteiger partial charge in [-0.2, -0.15) is 0 Å². The van der Waals surface area contributed by atoms with Crippen molar-refractivity contribution in [3.63, 3.8) is 0 Å². The molecule has 17 heavy (non-hydrogen) atoms. The second-order valence-corrected chi connectivity index (χ2v) is 3.65. The Balaban J connectivity index is 3.22. The molecule has 0 aliphatic rings. The van der Waals surface area contributed by atoms with Crippen LogP contribution in [-0.4, -0.2) is 17.6 Å². The Hall–Kier alpha value is -0.940. The third kappa shape index (κ3) is 3.26. The molecule has 0 atom stereocenters. The fourth-order valence-electron chi connectivity index (χ4n) is 1.22. The number of hydrogen-bond acceptors (Lipinski definition) is 3. The average Bonchev–Trinajstić information content (AvgIpc) is 2.27. The van der Waals surface area contributed by atoms with Crippen LogP contribution in [0, 0.1) is 0 Å². The molecule has 0 aromatic carbocycles. The Morgan fingerprint density at radius 2 is 2.24 bits per heavy atom. The van der Waals surface area contributed by atoms with Gasteiger partial charge in [-0.15, -0.1) is 11.6 Å². The van der Waals surface area contributed by atoms with Crippen molar-refractivity contribution in [1.29, 1.82) is 0 Å². The van der Waals surface area contributed by atoms with Crippen molar-refractivity contribution >= 4 is 29.2 Å². The van der Waals surface area contributed by atoms with Gasteiger partial charge in [0.2, 0.25) is 0 Å². The third-order valence-corrected chi connectivity index (χ3v) is 2.52. The Morgan fingerprint density at radius 1 is 1.59 bits per heavy atom. The summed E-state index contributed by atoms with van der Waals surface area (Å²) in [5.41, 5.74) is -0.503. The number of halogens is 4. The monoisotopic (exact) mass is 283 g/mol. The van der Waals surface area contributed by atoms with Crippen molar-refractivity contribution < 1.29 is 18.3 Å². The summed E-state index contributed by atoms with van der Waals surface area (Å²) in [6.45, 7) is 1.78. The molecular formula is C10H9Cl2F2NO2. The number of aromatic nitrogens is 1. The standard InChI is InChI=1S/C10H9Cl2F2NO2/c1-2-17-10(16)6-3-5(4-11)7(9(13)14)8(12)15-6/h3,9H,2,4H2,1H3. The zero-order valence-corrected chi connectivity index (χ0v) is 10.4. The van der Waals surface area contributed by atoms with E-state index in [4.69, 9.17) is 27.9 Å². The minimum absolute atomic E-state index is 0.0738. The van der Waals surface area contributed by atoms with Crippen LogP contribution in [0.1, 0.15) is 35.0 Å². The summed E-state index contributed by atoms with van der Waals surface area (Å²) in [6, 6.07) is 1.17. The molecule has 0 fully saturated rings. The number of rotatable bonds is 4. The van der Waals surface area contributed by atoms with Gasteiger partial charge in [-0.05, 0) is 18.6 Å². The fourth-order valence-corrected chi connectivity index (χ4v) is 1.74. The average molecular weight is 284 g/mol. The highest BCUT2D eigenvalue weighted by Crippen LogP contribution is 2.30. The van der Waals surface area contributed by atoms with Gasteiger partial charge in [-0.3, -0.25) is 0 Å². The van der Waals surface area contributed by atoms with Gasteiger partial charge in [0, 0.05) is 5.88 Å². The van der Waals surface area contributed by atoms with Crippen LogP contribution in [0.15, 0.2) is 6.07 Å². The van der Waals surface area contributed by atoms with E-state index in [-0.39, 0.29) is 23.7 Å². The van der Waals surface area contributed by atoms with Crippen molar-refractivity contribution in [2.45, 2.75) is 19.2 Å². The van der Waals surface area contributed by atoms with Crippen LogP contribution in [0.2, 0.25) is 5.15 Å². The highest BCUT2D eigenvalue weighted by Gasteiger charge is 2.21. The molecule has 0 bridgehead atoms. The summed E-state index contributed by atoms with van der Waals surface area (Å²) in [6.07, 6.45) is -2.79. The Morgan fingerprint density at radius 3 is 2.71 bits per heavy atom. The van der Waals surface area contributed by atoms with Gasteiger partial charge in [-0.25, -0.2) is 18.6 Å². The number of carbonyl (C=O) groups is 1. The van der Waals surface area contributed by atoms with E-state index in [1.54, 1.807) is 6.92 Å². The largest absolute Gasteiger partial charge is 0.461 e. The number of carbonyl (C=O) groups excluding carboxylic acids is 1. The summed E-state index contributed by atoms with van der Waals surface area (Å²) < 4.78 is 30.0. The molecule has 3 nitrogen and oxygen atoms in total. The molecule has 0 N–H and O–H groups in total. The van der Waals surface area contributed by atoms with Gasteiger partial charge in [-0.1, -0.05) is 11.6 Å². The number of nitrogens with zero attached hydrogens (tertiary/aromatic N) is 1. The Kier molecular flexibility index (Phi) is 5.08. The lowest BCUT2D eigenvalue weighted by Gasteiger charge is -2.10. The van der Waals surface area contributed by atoms with Crippen LogP contribution in [-0.2, 0) is 10.6 Å². The molecule has 1 aromatic heterocycles. The van der Waals surface area contributed by atoms with Gasteiger partial charge >= 0.3 is 5.97 Å². The van der Waals surface area contributed by atoms with Crippen LogP contribution in [0.5, 0.6) is 0 Å². The van der Waals surface area contributed by atoms with Crippen molar-refractivity contribution in [3.8, 4) is 0 Å². The van der Waals surface area contributed by atoms with Crippen molar-refractivity contribution in [3.05, 3.63) is 28.0 Å². The molecule has 0 saturated heterocycles. The van der Waals surface area contributed by atoms with E-state index in [2.05, 4.69) is 4.98 Å². The quantitative estimate of drug-likeness (QED) is 0.482. The molecule has 1 rings (SSSR count). The SMILES string of the molecule is CCOC(=O)c1cc(CCl)c(C(F)F)c(Cl)n1. The molecule has 0 unspecified atom stereocenters. The van der Waals surface area contributed by atoms with Crippen molar-refractivity contribution in [1.82, 2.24) is 4.98 Å². The Bertz CT molecular complexity index is 427. The lowest BCUT2D eigenvalue weighted by Crippen LogP contribution is -2.10. The predicted octanol–water partition coefficient (Wildman–Crippen LogP) is 3.59. The summed E-state index contributed by atoms with van der Waals surface area (Å²) in [5.74, 6) is -0.907. The zero-order valence-electron chi connectivity index (χ0n) is 8.84. The smallest absolute Gasteiger partial charge is 0.356 e. The molecule has 0 aliphatic heterocycles. The maximum Gasteiger partial charge on any atom is 0.356 e. The van der Waals surface area contributed by atoms with E-state index in [1.807, 2.05) is 0 Å². The number of ether oxygens (including phenoxy) is 1. The van der Waals surface area contributed by atoms with Crippen LogP contribution in [0.3, 0.4) is 0 Å². The molecule has 94 valence electrons. The van der Waals surface area contributed by atoms with Crippen molar-refractivity contribution in [2.75, 3.05) is 6.61 Å². The Labute approximate surface area is 107 Å². The van der Waals surface area contributed by atoms with E-state index < -0.39 is 23.1 Å². The normalized spacial score (nSPS) is 10.7. The number of pyridine rings is 1. The molecule has 0 spiro atoms. The first-order valence-corrected chi connectivity index (χ1v) is 5.63. The first-order valence-electron chi connectivity index (χ1n) is 4.71. The van der Waals surface area contributed by atoms with Crippen LogP contribution >= 0.6 is 23.2 Å². The maximum atomic E-state index is 12.7. The van der Waals surface area contributed by atoms with E-state index in [0.29, 0.717) is 0 Å². The van der Waals surface area contributed by atoms with E-state index in [1.165, 1.54) is 6.07 Å². The highest BCUT2D eigenvalue weighted by molar-refractivity contribution is 6.30. The van der Waals surface area contributed by atoms with Crippen molar-refractivity contribution in [2.24, 2.45) is 0 Å². The topological polar surface area (TPSA) is 39.2 Å². The summed E-state index contributed by atoms with van der Waals surface area (Å²) >= 11 is 11.1. The molecule has 0 radical (unpaired) electrons. The molecular weight excluding hydrogens is 275 g/mol. The van der Waals surface area contributed by atoms with E-state index >= 15 is 0 Å². The maximum absolute atomic E-state index is 12.7.